The van der Waals surface area contributed by atoms with Crippen molar-refractivity contribution in [2.75, 3.05) is 35.2 Å². The molecule has 3 aromatic rings. The number of carbonyl (C=O) groups excluding carboxylic acids is 1. The lowest BCUT2D eigenvalue weighted by molar-refractivity contribution is 0.102. The molecule has 2 aromatic carbocycles. The average Bonchev–Trinajstić information content (AvgIpc) is 2.77. The van der Waals surface area contributed by atoms with Crippen molar-refractivity contribution in [2.45, 2.75) is 20.3 Å². The molecule has 1 aromatic heterocycles. The van der Waals surface area contributed by atoms with Crippen molar-refractivity contribution in [1.82, 2.24) is 9.97 Å². The summed E-state index contributed by atoms with van der Waals surface area (Å²) in [6, 6.07) is 19.7. The quantitative estimate of drug-likeness (QED) is 0.573. The fourth-order valence-electron chi connectivity index (χ4n) is 3.10. The molecule has 150 valence electrons. The summed E-state index contributed by atoms with van der Waals surface area (Å²) in [5, 5.41) is 6.14. The minimum absolute atomic E-state index is 0.255. The van der Waals surface area contributed by atoms with Gasteiger partial charge in [-0.3, -0.25) is 4.79 Å². The number of nitrogens with one attached hydrogen (secondary N) is 2. The topological polar surface area (TPSA) is 70.2 Å². The van der Waals surface area contributed by atoms with Crippen LogP contribution in [0.3, 0.4) is 0 Å². The molecule has 0 atom stereocenters. The smallest absolute Gasteiger partial charge is 0.274 e. The van der Waals surface area contributed by atoms with Crippen LogP contribution in [0.2, 0.25) is 0 Å². The Hall–Kier alpha value is -3.41. The predicted octanol–water partition coefficient (Wildman–Crippen LogP) is 4.23. The van der Waals surface area contributed by atoms with Gasteiger partial charge in [-0.2, -0.15) is 0 Å². The lowest BCUT2D eigenvalue weighted by atomic mass is 10.1. The Bertz CT molecular complexity index is 908. The van der Waals surface area contributed by atoms with E-state index < -0.39 is 0 Å². The Morgan fingerprint density at radius 3 is 2.38 bits per heavy atom. The average molecular weight is 390 g/mol. The molecule has 6 heteroatoms. The van der Waals surface area contributed by atoms with Gasteiger partial charge in [0.05, 0.1) is 0 Å². The van der Waals surface area contributed by atoms with Gasteiger partial charge in [0.15, 0.2) is 0 Å². The van der Waals surface area contributed by atoms with E-state index in [0.29, 0.717) is 11.5 Å². The molecule has 3 rings (SSSR count). The van der Waals surface area contributed by atoms with E-state index >= 15 is 0 Å². The van der Waals surface area contributed by atoms with Crippen molar-refractivity contribution in [3.63, 3.8) is 0 Å². The highest BCUT2D eigenvalue weighted by atomic mass is 16.1. The summed E-state index contributed by atoms with van der Waals surface area (Å²) < 4.78 is 0. The van der Waals surface area contributed by atoms with Gasteiger partial charge in [-0.1, -0.05) is 30.3 Å². The highest BCUT2D eigenvalue weighted by Gasteiger charge is 2.10. The third-order valence-electron chi connectivity index (χ3n) is 4.72. The van der Waals surface area contributed by atoms with Crippen molar-refractivity contribution >= 4 is 23.1 Å². The molecule has 0 radical (unpaired) electrons. The predicted molar refractivity (Wildman–Crippen MR) is 119 cm³/mol. The molecule has 0 saturated heterocycles. The molecular weight excluding hydrogens is 362 g/mol. The maximum absolute atomic E-state index is 12.6. The minimum atomic E-state index is -0.255. The van der Waals surface area contributed by atoms with E-state index in [9.17, 15) is 4.79 Å². The van der Waals surface area contributed by atoms with Crippen LogP contribution < -0.4 is 15.5 Å². The zero-order valence-electron chi connectivity index (χ0n) is 16.9. The summed E-state index contributed by atoms with van der Waals surface area (Å²) in [6.45, 7) is 6.88. The number of amides is 1. The second-order valence-electron chi connectivity index (χ2n) is 6.62. The monoisotopic (exact) mass is 389 g/mol. The van der Waals surface area contributed by atoms with Crippen molar-refractivity contribution in [3.8, 4) is 0 Å². The molecule has 0 unspecified atom stereocenters. The Morgan fingerprint density at radius 1 is 0.966 bits per heavy atom. The molecule has 0 aliphatic carbocycles. The first-order chi connectivity index (χ1) is 14.2. The van der Waals surface area contributed by atoms with Crippen LogP contribution in [0.25, 0.3) is 0 Å². The zero-order valence-corrected chi connectivity index (χ0v) is 16.9. The highest BCUT2D eigenvalue weighted by Crippen LogP contribution is 2.18. The van der Waals surface area contributed by atoms with E-state index in [-0.39, 0.29) is 5.91 Å². The number of rotatable bonds is 9. The Labute approximate surface area is 172 Å². The van der Waals surface area contributed by atoms with E-state index in [4.69, 9.17) is 0 Å². The molecule has 1 amide bonds. The van der Waals surface area contributed by atoms with Crippen LogP contribution >= 0.6 is 0 Å². The first kappa shape index (κ1) is 20.3. The standard InChI is InChI=1S/C23H27N5O/c1-3-28(4-2)20-12-10-19(11-13-20)27-23(29)21-16-22(26-17-25-21)24-15-14-18-8-6-5-7-9-18/h5-13,16-17H,3-4,14-15H2,1-2H3,(H,27,29)(H,24,25,26). The van der Waals surface area contributed by atoms with Crippen LogP contribution in [-0.4, -0.2) is 35.5 Å². The number of anilines is 3. The largest absolute Gasteiger partial charge is 0.372 e. The molecule has 1 heterocycles. The first-order valence-corrected chi connectivity index (χ1v) is 9.95. The van der Waals surface area contributed by atoms with Crippen molar-refractivity contribution in [2.24, 2.45) is 0 Å². The Balaban J connectivity index is 1.57. The van der Waals surface area contributed by atoms with Crippen molar-refractivity contribution < 1.29 is 4.79 Å². The maximum atomic E-state index is 12.6. The SMILES string of the molecule is CCN(CC)c1ccc(NC(=O)c2cc(NCCc3ccccc3)ncn2)cc1. The molecule has 0 saturated carbocycles. The van der Waals surface area contributed by atoms with Gasteiger partial charge in [-0.25, -0.2) is 9.97 Å². The lowest BCUT2D eigenvalue weighted by Gasteiger charge is -2.21. The zero-order chi connectivity index (χ0) is 20.5. The lowest BCUT2D eigenvalue weighted by Crippen LogP contribution is -2.21. The molecule has 0 spiro atoms. The van der Waals surface area contributed by atoms with Gasteiger partial charge < -0.3 is 15.5 Å². The Morgan fingerprint density at radius 2 is 1.69 bits per heavy atom. The number of benzene rings is 2. The third-order valence-corrected chi connectivity index (χ3v) is 4.72. The van der Waals surface area contributed by atoms with Crippen LogP contribution in [0.1, 0.15) is 29.9 Å². The summed E-state index contributed by atoms with van der Waals surface area (Å²) in [7, 11) is 0. The maximum Gasteiger partial charge on any atom is 0.274 e. The molecule has 0 fully saturated rings. The number of aromatic nitrogens is 2. The van der Waals surface area contributed by atoms with Crippen LogP contribution in [0.4, 0.5) is 17.2 Å². The first-order valence-electron chi connectivity index (χ1n) is 9.95. The summed E-state index contributed by atoms with van der Waals surface area (Å²) in [4.78, 5) is 23.1. The van der Waals surface area contributed by atoms with Crippen LogP contribution in [0.5, 0.6) is 0 Å². The van der Waals surface area contributed by atoms with E-state index in [2.05, 4.69) is 51.5 Å². The van der Waals surface area contributed by atoms with Gasteiger partial charge in [0.25, 0.3) is 5.91 Å². The van der Waals surface area contributed by atoms with Crippen LogP contribution in [-0.2, 0) is 6.42 Å². The second kappa shape index (κ2) is 10.2. The van der Waals surface area contributed by atoms with E-state index in [1.165, 1.54) is 11.9 Å². The van der Waals surface area contributed by atoms with Crippen LogP contribution in [0.15, 0.2) is 67.0 Å². The molecule has 0 aliphatic rings. The molecular formula is C23H27N5O. The summed E-state index contributed by atoms with van der Waals surface area (Å²) in [6.07, 6.45) is 2.29. The minimum Gasteiger partial charge on any atom is -0.372 e. The fourth-order valence-corrected chi connectivity index (χ4v) is 3.10. The molecule has 0 aliphatic heterocycles. The van der Waals surface area contributed by atoms with E-state index in [1.807, 2.05) is 42.5 Å². The van der Waals surface area contributed by atoms with Crippen molar-refractivity contribution in [3.05, 3.63) is 78.2 Å². The van der Waals surface area contributed by atoms with Crippen molar-refractivity contribution in [1.29, 1.82) is 0 Å². The van der Waals surface area contributed by atoms with Gasteiger partial charge in [0.2, 0.25) is 0 Å². The molecule has 0 bridgehead atoms. The van der Waals surface area contributed by atoms with Gasteiger partial charge in [-0.15, -0.1) is 0 Å². The number of carbonyl (C=O) groups is 1. The summed E-state index contributed by atoms with van der Waals surface area (Å²) in [5.74, 6) is 0.382. The molecule has 6 nitrogen and oxygen atoms in total. The number of nitrogens with zero attached hydrogens (tertiary/aromatic N) is 3. The number of hydrogen-bond acceptors (Lipinski definition) is 5. The van der Waals surface area contributed by atoms with Gasteiger partial charge in [0, 0.05) is 37.1 Å². The molecule has 2 N–H and O–H groups in total. The van der Waals surface area contributed by atoms with Gasteiger partial charge in [-0.05, 0) is 50.1 Å². The Kier molecular flexibility index (Phi) is 7.16. The van der Waals surface area contributed by atoms with Gasteiger partial charge in [0.1, 0.15) is 17.8 Å². The fraction of sp³-hybridized carbons (Fsp3) is 0.261. The van der Waals surface area contributed by atoms with E-state index in [1.54, 1.807) is 6.07 Å². The highest BCUT2D eigenvalue weighted by molar-refractivity contribution is 6.03. The normalized spacial score (nSPS) is 10.4. The van der Waals surface area contributed by atoms with Crippen LogP contribution in [0, 0.1) is 0 Å². The summed E-state index contributed by atoms with van der Waals surface area (Å²) in [5.41, 5.74) is 3.46. The van der Waals surface area contributed by atoms with Gasteiger partial charge >= 0.3 is 0 Å². The van der Waals surface area contributed by atoms with E-state index in [0.717, 1.165) is 37.4 Å². The second-order valence-corrected chi connectivity index (χ2v) is 6.62. The third kappa shape index (κ3) is 5.78. The summed E-state index contributed by atoms with van der Waals surface area (Å²) >= 11 is 0. The molecule has 29 heavy (non-hydrogen) atoms. The number of hydrogen-bond donors (Lipinski definition) is 2.